The predicted molar refractivity (Wildman–Crippen MR) is 88.0 cm³/mol. The van der Waals surface area contributed by atoms with Crippen LogP contribution in [-0.4, -0.2) is 28.6 Å². The van der Waals surface area contributed by atoms with Gasteiger partial charge in [-0.3, -0.25) is 0 Å². The van der Waals surface area contributed by atoms with Crippen LogP contribution in [0.2, 0.25) is 6.04 Å². The molecule has 0 aromatic rings. The van der Waals surface area contributed by atoms with Gasteiger partial charge in [-0.05, 0) is 25.2 Å². The summed E-state index contributed by atoms with van der Waals surface area (Å²) in [6, 6.07) is 0.935. The fraction of sp³-hybridized carbons (Fsp3) is 1.00. The third-order valence-electron chi connectivity index (χ3n) is 3.12. The molecule has 0 spiro atoms. The number of hydrogen-bond donors (Lipinski definition) is 0. The van der Waals surface area contributed by atoms with Crippen LogP contribution in [-0.2, 0) is 13.3 Å². The van der Waals surface area contributed by atoms with E-state index in [1.807, 2.05) is 0 Å². The van der Waals surface area contributed by atoms with Crippen LogP contribution in [0.15, 0.2) is 0 Å². The third kappa shape index (κ3) is 9.92. The van der Waals surface area contributed by atoms with E-state index in [1.165, 1.54) is 0 Å². The molecule has 20 heavy (non-hydrogen) atoms. The number of rotatable bonds is 14. The molecule has 4 heteroatoms. The molecule has 0 aromatic carbocycles. The van der Waals surface area contributed by atoms with Crippen molar-refractivity contribution in [3.63, 3.8) is 0 Å². The average Bonchev–Trinajstić information content (AvgIpc) is 2.39. The second-order valence-electron chi connectivity index (χ2n) is 5.89. The molecule has 0 rings (SSSR count). The maximum Gasteiger partial charge on any atom is 0.501 e. The van der Waals surface area contributed by atoms with E-state index in [9.17, 15) is 0 Å². The Bertz CT molecular complexity index is 183. The van der Waals surface area contributed by atoms with Gasteiger partial charge in [0.2, 0.25) is 0 Å². The Morgan fingerprint density at radius 1 is 0.700 bits per heavy atom. The van der Waals surface area contributed by atoms with Crippen molar-refractivity contribution in [2.45, 2.75) is 79.2 Å². The van der Waals surface area contributed by atoms with Crippen molar-refractivity contribution in [3.05, 3.63) is 0 Å². The van der Waals surface area contributed by atoms with E-state index < -0.39 is 8.80 Å². The number of hydrogen-bond acceptors (Lipinski definition) is 3. The van der Waals surface area contributed by atoms with Crippen LogP contribution in [0.5, 0.6) is 0 Å². The quantitative estimate of drug-likeness (QED) is 0.333. The Labute approximate surface area is 127 Å². The van der Waals surface area contributed by atoms with Crippen LogP contribution in [0.1, 0.15) is 73.1 Å². The van der Waals surface area contributed by atoms with Gasteiger partial charge >= 0.3 is 8.80 Å². The van der Waals surface area contributed by atoms with Crippen LogP contribution < -0.4 is 0 Å². The molecule has 3 nitrogen and oxygen atoms in total. The molecule has 122 valence electrons. The summed E-state index contributed by atoms with van der Waals surface area (Å²) in [6.45, 7) is 13.3. The van der Waals surface area contributed by atoms with E-state index in [0.29, 0.717) is 5.92 Å². The fourth-order valence-electron chi connectivity index (χ4n) is 1.92. The van der Waals surface area contributed by atoms with E-state index in [0.717, 1.165) is 64.4 Å². The molecule has 0 aliphatic rings. The summed E-state index contributed by atoms with van der Waals surface area (Å²) in [6.07, 6.45) is 6.70. The van der Waals surface area contributed by atoms with Crippen LogP contribution in [0.3, 0.4) is 0 Å². The maximum absolute atomic E-state index is 6.17. The van der Waals surface area contributed by atoms with Gasteiger partial charge in [0, 0.05) is 25.9 Å². The molecule has 0 aliphatic carbocycles. The summed E-state index contributed by atoms with van der Waals surface area (Å²) >= 11 is 0. The Kier molecular flexibility index (Phi) is 12.9. The first-order chi connectivity index (χ1) is 9.60. The van der Waals surface area contributed by atoms with E-state index in [4.69, 9.17) is 13.3 Å². The van der Waals surface area contributed by atoms with Gasteiger partial charge in [0.05, 0.1) is 0 Å². The van der Waals surface area contributed by atoms with Crippen LogP contribution in [0.25, 0.3) is 0 Å². The fourth-order valence-corrected chi connectivity index (χ4v) is 4.89. The molecule has 0 N–H and O–H groups in total. The first-order valence-electron chi connectivity index (χ1n) is 8.52. The monoisotopic (exact) mass is 304 g/mol. The second kappa shape index (κ2) is 12.8. The van der Waals surface area contributed by atoms with Gasteiger partial charge in [0.1, 0.15) is 0 Å². The van der Waals surface area contributed by atoms with Gasteiger partial charge in [-0.2, -0.15) is 0 Å². The van der Waals surface area contributed by atoms with Gasteiger partial charge in [-0.25, -0.2) is 0 Å². The zero-order valence-electron chi connectivity index (χ0n) is 14.4. The molecule has 0 heterocycles. The van der Waals surface area contributed by atoms with Crippen LogP contribution in [0.4, 0.5) is 0 Å². The van der Waals surface area contributed by atoms with Gasteiger partial charge in [0.15, 0.2) is 0 Å². The molecule has 0 fully saturated rings. The van der Waals surface area contributed by atoms with Gasteiger partial charge in [-0.15, -0.1) is 0 Å². The highest BCUT2D eigenvalue weighted by Gasteiger charge is 2.41. The minimum Gasteiger partial charge on any atom is -0.373 e. The lowest BCUT2D eigenvalue weighted by molar-refractivity contribution is 0.0535. The topological polar surface area (TPSA) is 27.7 Å². The van der Waals surface area contributed by atoms with E-state index >= 15 is 0 Å². The SMILES string of the molecule is CCCCO[Si](CC(C)C)(OCCCC)OCCCC. The summed E-state index contributed by atoms with van der Waals surface area (Å²) < 4.78 is 18.5. The zero-order chi connectivity index (χ0) is 15.3. The van der Waals surface area contributed by atoms with Crippen LogP contribution in [0, 0.1) is 5.92 Å². The maximum atomic E-state index is 6.17. The summed E-state index contributed by atoms with van der Waals surface area (Å²) in [5, 5.41) is 0. The minimum atomic E-state index is -2.47. The van der Waals surface area contributed by atoms with Crippen molar-refractivity contribution in [1.29, 1.82) is 0 Å². The molecule has 0 aromatic heterocycles. The van der Waals surface area contributed by atoms with E-state index in [1.54, 1.807) is 0 Å². The first kappa shape index (κ1) is 20.1. The second-order valence-corrected chi connectivity index (χ2v) is 8.53. The Hall–Kier alpha value is 0.0969. The molecule has 0 saturated carbocycles. The molecule has 0 radical (unpaired) electrons. The molecule has 0 aliphatic heterocycles. The van der Waals surface area contributed by atoms with Crippen molar-refractivity contribution in [2.75, 3.05) is 19.8 Å². The predicted octanol–water partition coefficient (Wildman–Crippen LogP) is 5.03. The van der Waals surface area contributed by atoms with Crippen molar-refractivity contribution in [2.24, 2.45) is 5.92 Å². The molecule has 0 bridgehead atoms. The van der Waals surface area contributed by atoms with Crippen molar-refractivity contribution in [3.8, 4) is 0 Å². The minimum absolute atomic E-state index is 0.548. The smallest absolute Gasteiger partial charge is 0.373 e. The summed E-state index contributed by atoms with van der Waals surface area (Å²) in [7, 11) is -2.47. The van der Waals surface area contributed by atoms with E-state index in [-0.39, 0.29) is 0 Å². The molecule has 0 unspecified atom stereocenters. The van der Waals surface area contributed by atoms with Crippen molar-refractivity contribution >= 4 is 8.80 Å². The Morgan fingerprint density at radius 2 is 1.05 bits per heavy atom. The van der Waals surface area contributed by atoms with Crippen LogP contribution >= 0.6 is 0 Å². The normalized spacial score (nSPS) is 12.3. The molecular weight excluding hydrogens is 268 g/mol. The highest BCUT2D eigenvalue weighted by atomic mass is 28.4. The molecular formula is C16H36O3Si. The summed E-state index contributed by atoms with van der Waals surface area (Å²) in [4.78, 5) is 0. The van der Waals surface area contributed by atoms with Crippen molar-refractivity contribution < 1.29 is 13.3 Å². The van der Waals surface area contributed by atoms with Crippen molar-refractivity contribution in [1.82, 2.24) is 0 Å². The first-order valence-corrected chi connectivity index (χ1v) is 10.4. The van der Waals surface area contributed by atoms with Gasteiger partial charge in [0.25, 0.3) is 0 Å². The summed E-state index contributed by atoms with van der Waals surface area (Å²) in [5.41, 5.74) is 0. The highest BCUT2D eigenvalue weighted by molar-refractivity contribution is 6.60. The molecule has 0 atom stereocenters. The lowest BCUT2D eigenvalue weighted by Gasteiger charge is -2.31. The standard InChI is InChI=1S/C16H36O3Si/c1-6-9-12-17-20(15-16(4)5,18-13-10-7-2)19-14-11-8-3/h16H,6-15H2,1-5H3. The average molecular weight is 305 g/mol. The van der Waals surface area contributed by atoms with Gasteiger partial charge < -0.3 is 13.3 Å². The summed E-state index contributed by atoms with van der Waals surface area (Å²) in [5.74, 6) is 0.548. The molecule has 0 amide bonds. The highest BCUT2D eigenvalue weighted by Crippen LogP contribution is 2.22. The lowest BCUT2D eigenvalue weighted by Crippen LogP contribution is -2.47. The third-order valence-corrected chi connectivity index (χ3v) is 6.37. The lowest BCUT2D eigenvalue weighted by atomic mass is 10.3. The van der Waals surface area contributed by atoms with E-state index in [2.05, 4.69) is 34.6 Å². The molecule has 0 saturated heterocycles. The largest absolute Gasteiger partial charge is 0.501 e. The zero-order valence-corrected chi connectivity index (χ0v) is 15.4. The Balaban J connectivity index is 4.57. The van der Waals surface area contributed by atoms with Gasteiger partial charge in [-0.1, -0.05) is 53.9 Å². The Morgan fingerprint density at radius 3 is 1.30 bits per heavy atom. The number of unbranched alkanes of at least 4 members (excludes halogenated alkanes) is 3.